The van der Waals surface area contributed by atoms with Gasteiger partial charge in [-0.3, -0.25) is 14.2 Å². The summed E-state index contributed by atoms with van der Waals surface area (Å²) < 4.78 is 12.2. The lowest BCUT2D eigenvalue weighted by molar-refractivity contribution is -0.121. The van der Waals surface area contributed by atoms with E-state index in [1.807, 2.05) is 31.2 Å². The Kier molecular flexibility index (Phi) is 6.16. The van der Waals surface area contributed by atoms with Crippen LogP contribution in [0.25, 0.3) is 10.9 Å². The third kappa shape index (κ3) is 4.23. The molecule has 7 nitrogen and oxygen atoms in total. The molecule has 2 aromatic carbocycles. The second-order valence-corrected chi connectivity index (χ2v) is 6.79. The monoisotopic (exact) mass is 395 g/mol. The van der Waals surface area contributed by atoms with Crippen LogP contribution in [0.5, 0.6) is 11.5 Å². The molecule has 0 saturated carbocycles. The molecule has 0 unspecified atom stereocenters. The zero-order chi connectivity index (χ0) is 21.0. The molecule has 152 valence electrons. The van der Waals surface area contributed by atoms with Crippen molar-refractivity contribution in [2.24, 2.45) is 7.05 Å². The number of nitrogens with zero attached hydrogens (tertiary/aromatic N) is 2. The summed E-state index contributed by atoms with van der Waals surface area (Å²) in [5.41, 5.74) is 2.35. The van der Waals surface area contributed by atoms with Crippen LogP contribution < -0.4 is 20.3 Å². The van der Waals surface area contributed by atoms with E-state index in [1.54, 1.807) is 33.4 Å². The van der Waals surface area contributed by atoms with Crippen LogP contribution >= 0.6 is 0 Å². The van der Waals surface area contributed by atoms with Gasteiger partial charge in [-0.2, -0.15) is 0 Å². The first kappa shape index (κ1) is 20.4. The minimum atomic E-state index is -0.131. The highest BCUT2D eigenvalue weighted by molar-refractivity contribution is 5.81. The number of ether oxygens (including phenoxy) is 2. The van der Waals surface area contributed by atoms with Gasteiger partial charge in [0.15, 0.2) is 11.5 Å². The zero-order valence-electron chi connectivity index (χ0n) is 17.1. The van der Waals surface area contributed by atoms with Gasteiger partial charge >= 0.3 is 0 Å². The highest BCUT2D eigenvalue weighted by Crippen LogP contribution is 2.30. The molecular formula is C22H25N3O4. The van der Waals surface area contributed by atoms with Crippen molar-refractivity contribution >= 4 is 16.8 Å². The number of para-hydroxylation sites is 2. The molecule has 1 heterocycles. The van der Waals surface area contributed by atoms with Crippen molar-refractivity contribution in [3.05, 3.63) is 63.7 Å². The van der Waals surface area contributed by atoms with E-state index < -0.39 is 0 Å². The predicted molar refractivity (Wildman–Crippen MR) is 111 cm³/mol. The molecule has 0 aliphatic heterocycles. The van der Waals surface area contributed by atoms with Crippen LogP contribution in [0, 0.1) is 6.92 Å². The lowest BCUT2D eigenvalue weighted by atomic mass is 10.1. The zero-order valence-corrected chi connectivity index (χ0v) is 17.1. The Balaban J connectivity index is 1.70. The Morgan fingerprint density at radius 1 is 1.14 bits per heavy atom. The van der Waals surface area contributed by atoms with E-state index in [2.05, 4.69) is 10.3 Å². The van der Waals surface area contributed by atoms with Crippen LogP contribution in [0.4, 0.5) is 0 Å². The molecule has 0 radical (unpaired) electrons. The molecule has 0 aliphatic carbocycles. The first-order valence-corrected chi connectivity index (χ1v) is 9.38. The van der Waals surface area contributed by atoms with Crippen molar-refractivity contribution in [2.45, 2.75) is 26.3 Å². The van der Waals surface area contributed by atoms with E-state index in [1.165, 1.54) is 4.57 Å². The molecule has 0 saturated heterocycles. The van der Waals surface area contributed by atoms with E-state index in [4.69, 9.17) is 9.47 Å². The highest BCUT2D eigenvalue weighted by Gasteiger charge is 2.13. The standard InChI is InChI=1S/C22H25N3O4/c1-14-7-5-9-16-20(14)24-18(25(2)22(16)27)11-12-19(26)23-13-15-8-6-10-17(28-3)21(15)29-4/h5-10H,11-13H2,1-4H3,(H,23,26). The van der Waals surface area contributed by atoms with Gasteiger partial charge in [-0.05, 0) is 24.6 Å². The van der Waals surface area contributed by atoms with Crippen LogP contribution in [0.2, 0.25) is 0 Å². The summed E-state index contributed by atoms with van der Waals surface area (Å²) in [6.45, 7) is 2.25. The third-order valence-electron chi connectivity index (χ3n) is 4.94. The van der Waals surface area contributed by atoms with E-state index in [-0.39, 0.29) is 17.9 Å². The summed E-state index contributed by atoms with van der Waals surface area (Å²) >= 11 is 0. The number of hydrogen-bond acceptors (Lipinski definition) is 5. The minimum absolute atomic E-state index is 0.102. The normalized spacial score (nSPS) is 10.8. The summed E-state index contributed by atoms with van der Waals surface area (Å²) in [6.07, 6.45) is 0.598. The van der Waals surface area contributed by atoms with E-state index in [0.29, 0.717) is 41.2 Å². The fraction of sp³-hybridized carbons (Fsp3) is 0.318. The second kappa shape index (κ2) is 8.77. The van der Waals surface area contributed by atoms with Gasteiger partial charge < -0.3 is 14.8 Å². The van der Waals surface area contributed by atoms with E-state index in [0.717, 1.165) is 11.1 Å². The average molecular weight is 395 g/mol. The predicted octanol–water partition coefficient (Wildman–Crippen LogP) is 2.51. The maximum Gasteiger partial charge on any atom is 0.261 e. The highest BCUT2D eigenvalue weighted by atomic mass is 16.5. The van der Waals surface area contributed by atoms with Gasteiger partial charge in [-0.25, -0.2) is 4.98 Å². The Morgan fingerprint density at radius 2 is 1.90 bits per heavy atom. The van der Waals surface area contributed by atoms with Crippen molar-refractivity contribution in [3.8, 4) is 11.5 Å². The van der Waals surface area contributed by atoms with Crippen molar-refractivity contribution < 1.29 is 14.3 Å². The van der Waals surface area contributed by atoms with Crippen molar-refractivity contribution in [2.75, 3.05) is 14.2 Å². The lowest BCUT2D eigenvalue weighted by Crippen LogP contribution is -2.26. The second-order valence-electron chi connectivity index (χ2n) is 6.79. The molecule has 3 aromatic rings. The smallest absolute Gasteiger partial charge is 0.261 e. The summed E-state index contributed by atoms with van der Waals surface area (Å²) in [7, 11) is 4.82. The molecular weight excluding hydrogens is 370 g/mol. The van der Waals surface area contributed by atoms with Gasteiger partial charge in [0.2, 0.25) is 5.91 Å². The van der Waals surface area contributed by atoms with Crippen molar-refractivity contribution in [3.63, 3.8) is 0 Å². The first-order chi connectivity index (χ1) is 14.0. The maximum absolute atomic E-state index is 12.6. The molecule has 1 amide bonds. The number of aromatic nitrogens is 2. The van der Waals surface area contributed by atoms with Gasteiger partial charge in [-0.15, -0.1) is 0 Å². The molecule has 0 aliphatic rings. The Morgan fingerprint density at radius 3 is 2.62 bits per heavy atom. The molecule has 1 aromatic heterocycles. The topological polar surface area (TPSA) is 82.5 Å². The van der Waals surface area contributed by atoms with Gasteiger partial charge in [0.1, 0.15) is 5.82 Å². The van der Waals surface area contributed by atoms with Crippen LogP contribution in [0.15, 0.2) is 41.2 Å². The van der Waals surface area contributed by atoms with Crippen LogP contribution in [0.1, 0.15) is 23.4 Å². The maximum atomic E-state index is 12.6. The van der Waals surface area contributed by atoms with Gasteiger partial charge in [0.25, 0.3) is 5.56 Å². The van der Waals surface area contributed by atoms with E-state index >= 15 is 0 Å². The Hall–Kier alpha value is -3.35. The molecule has 3 rings (SSSR count). The van der Waals surface area contributed by atoms with Gasteiger partial charge in [-0.1, -0.05) is 24.3 Å². The number of rotatable bonds is 7. The van der Waals surface area contributed by atoms with Crippen molar-refractivity contribution in [1.82, 2.24) is 14.9 Å². The molecule has 0 spiro atoms. The Labute approximate surface area is 169 Å². The minimum Gasteiger partial charge on any atom is -0.493 e. The SMILES string of the molecule is COc1cccc(CNC(=O)CCc2nc3c(C)cccc3c(=O)n2C)c1OC. The number of aryl methyl sites for hydroxylation is 2. The largest absolute Gasteiger partial charge is 0.493 e. The van der Waals surface area contributed by atoms with Crippen LogP contribution in [-0.4, -0.2) is 29.7 Å². The third-order valence-corrected chi connectivity index (χ3v) is 4.94. The number of fused-ring (bicyclic) bond motifs is 1. The molecule has 0 atom stereocenters. The van der Waals surface area contributed by atoms with Gasteiger partial charge in [0.05, 0.1) is 25.1 Å². The van der Waals surface area contributed by atoms with E-state index in [9.17, 15) is 9.59 Å². The number of carbonyl (C=O) groups excluding carboxylic acids is 1. The molecule has 7 heteroatoms. The van der Waals surface area contributed by atoms with Gasteiger partial charge in [0, 0.05) is 32.0 Å². The first-order valence-electron chi connectivity index (χ1n) is 9.38. The number of benzene rings is 2. The molecule has 0 fully saturated rings. The quantitative estimate of drug-likeness (QED) is 0.665. The number of amides is 1. The summed E-state index contributed by atoms with van der Waals surface area (Å²) in [5.74, 6) is 1.68. The van der Waals surface area contributed by atoms with Crippen LogP contribution in [0.3, 0.4) is 0 Å². The summed E-state index contributed by atoms with van der Waals surface area (Å²) in [4.78, 5) is 29.6. The Bertz CT molecular complexity index is 1110. The summed E-state index contributed by atoms with van der Waals surface area (Å²) in [5, 5.41) is 3.48. The molecule has 29 heavy (non-hydrogen) atoms. The average Bonchev–Trinajstić information content (AvgIpc) is 2.73. The fourth-order valence-corrected chi connectivity index (χ4v) is 3.31. The number of methoxy groups -OCH3 is 2. The number of hydrogen-bond donors (Lipinski definition) is 1. The molecule has 1 N–H and O–H groups in total. The van der Waals surface area contributed by atoms with Crippen molar-refractivity contribution in [1.29, 1.82) is 0 Å². The number of carbonyl (C=O) groups is 1. The molecule has 0 bridgehead atoms. The van der Waals surface area contributed by atoms with Crippen LogP contribution in [-0.2, 0) is 24.8 Å². The number of nitrogens with one attached hydrogen (secondary N) is 1. The lowest BCUT2D eigenvalue weighted by Gasteiger charge is -2.13. The summed E-state index contributed by atoms with van der Waals surface area (Å²) in [6, 6.07) is 11.1. The fourth-order valence-electron chi connectivity index (χ4n) is 3.31.